The average molecular weight is 309 g/mol. The molecule has 5 nitrogen and oxygen atoms in total. The van der Waals surface area contributed by atoms with Crippen molar-refractivity contribution in [1.82, 2.24) is 20.5 Å². The van der Waals surface area contributed by atoms with Crippen LogP contribution in [0, 0.1) is 11.3 Å². The highest BCUT2D eigenvalue weighted by molar-refractivity contribution is 7.80. The zero-order valence-electron chi connectivity index (χ0n) is 13.2. The number of unbranched alkanes of at least 4 members (excludes halogenated alkanes) is 1. The molecule has 2 N–H and O–H groups in total. The number of nitrogens with one attached hydrogen (secondary N) is 2. The van der Waals surface area contributed by atoms with Gasteiger partial charge in [0.1, 0.15) is 0 Å². The van der Waals surface area contributed by atoms with E-state index in [0.29, 0.717) is 11.0 Å². The van der Waals surface area contributed by atoms with Crippen molar-refractivity contribution in [3.63, 3.8) is 0 Å². The Morgan fingerprint density at radius 3 is 2.57 bits per heavy atom. The van der Waals surface area contributed by atoms with E-state index in [1.807, 2.05) is 7.05 Å². The van der Waals surface area contributed by atoms with Crippen molar-refractivity contribution < 1.29 is 0 Å². The monoisotopic (exact) mass is 309 g/mol. The number of thiocarbonyl (C=S) groups is 1. The summed E-state index contributed by atoms with van der Waals surface area (Å²) < 4.78 is 0. The van der Waals surface area contributed by atoms with Crippen molar-refractivity contribution in [2.75, 3.05) is 46.3 Å². The van der Waals surface area contributed by atoms with E-state index in [1.165, 1.54) is 51.2 Å². The van der Waals surface area contributed by atoms with Crippen LogP contribution >= 0.6 is 12.2 Å². The molecule has 21 heavy (non-hydrogen) atoms. The van der Waals surface area contributed by atoms with Crippen molar-refractivity contribution in [2.24, 2.45) is 16.4 Å². The van der Waals surface area contributed by atoms with Crippen LogP contribution < -0.4 is 10.7 Å². The minimum atomic E-state index is 0.240. The fourth-order valence-corrected chi connectivity index (χ4v) is 4.33. The number of fused-ring (bicyclic) bond motifs is 1. The summed E-state index contributed by atoms with van der Waals surface area (Å²) in [4.78, 5) is 5.31. The molecule has 0 amide bonds. The third-order valence-electron chi connectivity index (χ3n) is 5.19. The van der Waals surface area contributed by atoms with E-state index in [2.05, 4.69) is 27.5 Å². The molecule has 2 atom stereocenters. The number of nitrogens with zero attached hydrogens (tertiary/aromatic N) is 3. The number of hydrazone groups is 1. The maximum absolute atomic E-state index is 5.19. The number of hydrogen-bond donors (Lipinski definition) is 2. The molecule has 0 aromatic heterocycles. The average Bonchev–Trinajstić information content (AvgIpc) is 2.72. The molecule has 2 unspecified atom stereocenters. The minimum absolute atomic E-state index is 0.240. The molecule has 6 heteroatoms. The first-order valence-corrected chi connectivity index (χ1v) is 8.58. The normalized spacial score (nSPS) is 39.3. The van der Waals surface area contributed by atoms with Crippen LogP contribution in [0.3, 0.4) is 0 Å². The lowest BCUT2D eigenvalue weighted by molar-refractivity contribution is 0.108. The summed E-state index contributed by atoms with van der Waals surface area (Å²) in [5, 5.41) is 8.33. The Morgan fingerprint density at radius 1 is 1.33 bits per heavy atom. The Bertz CT molecular complexity index is 420. The zero-order valence-corrected chi connectivity index (χ0v) is 14.0. The summed E-state index contributed by atoms with van der Waals surface area (Å²) in [7, 11) is 1.84. The van der Waals surface area contributed by atoms with Crippen LogP contribution in [0.25, 0.3) is 0 Å². The molecule has 4 rings (SSSR count). The van der Waals surface area contributed by atoms with Crippen molar-refractivity contribution in [3.8, 4) is 0 Å². The van der Waals surface area contributed by atoms with Crippen LogP contribution in [0.4, 0.5) is 0 Å². The summed E-state index contributed by atoms with van der Waals surface area (Å²) in [6.45, 7) is 9.40. The maximum atomic E-state index is 5.19. The van der Waals surface area contributed by atoms with Crippen LogP contribution in [0.15, 0.2) is 5.10 Å². The summed E-state index contributed by atoms with van der Waals surface area (Å²) in [5.41, 5.74) is 4.67. The molecule has 4 heterocycles. The van der Waals surface area contributed by atoms with Crippen molar-refractivity contribution in [1.29, 1.82) is 0 Å². The van der Waals surface area contributed by atoms with Gasteiger partial charge in [0.2, 0.25) is 0 Å². The molecule has 0 aromatic carbocycles. The van der Waals surface area contributed by atoms with E-state index in [0.717, 1.165) is 13.1 Å². The molecular weight excluding hydrogens is 282 g/mol. The van der Waals surface area contributed by atoms with E-state index in [4.69, 9.17) is 17.3 Å². The summed E-state index contributed by atoms with van der Waals surface area (Å²) in [5.74, 6) is 0.569. The van der Waals surface area contributed by atoms with Gasteiger partial charge in [-0.15, -0.1) is 0 Å². The predicted molar refractivity (Wildman–Crippen MR) is 90.6 cm³/mol. The summed E-state index contributed by atoms with van der Waals surface area (Å²) in [6, 6.07) is 0. The van der Waals surface area contributed by atoms with Crippen LogP contribution in [0.1, 0.15) is 26.2 Å². The van der Waals surface area contributed by atoms with E-state index in [9.17, 15) is 0 Å². The fourth-order valence-electron chi connectivity index (χ4n) is 4.29. The van der Waals surface area contributed by atoms with Gasteiger partial charge in [0.15, 0.2) is 5.11 Å². The second-order valence-electron chi connectivity index (χ2n) is 6.74. The van der Waals surface area contributed by atoms with Gasteiger partial charge in [-0.3, -0.25) is 5.43 Å². The lowest BCUT2D eigenvalue weighted by Gasteiger charge is -2.50. The lowest BCUT2D eigenvalue weighted by atomic mass is 9.68. The van der Waals surface area contributed by atoms with Gasteiger partial charge in [-0.1, -0.05) is 19.8 Å². The van der Waals surface area contributed by atoms with Gasteiger partial charge < -0.3 is 15.1 Å². The summed E-state index contributed by atoms with van der Waals surface area (Å²) in [6.07, 6.45) is 3.78. The van der Waals surface area contributed by atoms with Gasteiger partial charge in [0.05, 0.1) is 5.71 Å². The van der Waals surface area contributed by atoms with Gasteiger partial charge in [0.25, 0.3) is 0 Å². The maximum Gasteiger partial charge on any atom is 0.186 e. The van der Waals surface area contributed by atoms with Crippen LogP contribution in [-0.4, -0.2) is 66.9 Å². The van der Waals surface area contributed by atoms with Gasteiger partial charge in [-0.05, 0) is 18.6 Å². The van der Waals surface area contributed by atoms with E-state index in [1.54, 1.807) is 0 Å². The molecule has 118 valence electrons. The quantitative estimate of drug-likeness (QED) is 0.596. The Morgan fingerprint density at radius 2 is 2.00 bits per heavy atom. The molecule has 4 aliphatic rings. The molecule has 0 aromatic rings. The van der Waals surface area contributed by atoms with E-state index < -0.39 is 0 Å². The minimum Gasteiger partial charge on any atom is -0.364 e. The molecule has 4 aliphatic heterocycles. The van der Waals surface area contributed by atoms with Gasteiger partial charge in [-0.2, -0.15) is 5.10 Å². The van der Waals surface area contributed by atoms with Crippen molar-refractivity contribution in [2.45, 2.75) is 26.2 Å². The van der Waals surface area contributed by atoms with Crippen LogP contribution in [0.2, 0.25) is 0 Å². The highest BCUT2D eigenvalue weighted by Crippen LogP contribution is 2.41. The highest BCUT2D eigenvalue weighted by atomic mass is 32.1. The molecule has 0 saturated carbocycles. The zero-order chi connectivity index (χ0) is 14.9. The standard InChI is InChI=1S/C15H27N5S/c1-3-4-5-15-10-19-6-7-20(11-15)9-12(8-19)13(15)17-18-14(21)16-2/h12H,3-11H2,1-2H3,(H2,16,18,21). The smallest absolute Gasteiger partial charge is 0.186 e. The van der Waals surface area contributed by atoms with E-state index in [-0.39, 0.29) is 5.41 Å². The first kappa shape index (κ1) is 15.2. The second kappa shape index (κ2) is 6.18. The van der Waals surface area contributed by atoms with E-state index >= 15 is 0 Å². The topological polar surface area (TPSA) is 42.9 Å². The number of hydrogen-bond acceptors (Lipinski definition) is 4. The number of piperidine rings is 2. The predicted octanol–water partition coefficient (Wildman–Crippen LogP) is 0.874. The van der Waals surface area contributed by atoms with Gasteiger partial charge in [0, 0.05) is 57.6 Å². The number of rotatable bonds is 4. The Balaban J connectivity index is 1.87. The van der Waals surface area contributed by atoms with Crippen LogP contribution in [0.5, 0.6) is 0 Å². The largest absolute Gasteiger partial charge is 0.364 e. The SMILES string of the molecule is CCCCC12CN3CCN(CC(C3)C1=NNC(=S)NC)C2. The fraction of sp³-hybridized carbons (Fsp3) is 0.867. The summed E-state index contributed by atoms with van der Waals surface area (Å²) >= 11 is 5.19. The van der Waals surface area contributed by atoms with Gasteiger partial charge >= 0.3 is 0 Å². The second-order valence-corrected chi connectivity index (χ2v) is 7.15. The molecule has 0 spiro atoms. The van der Waals surface area contributed by atoms with Gasteiger partial charge in [-0.25, -0.2) is 0 Å². The Hall–Kier alpha value is -0.720. The Kier molecular flexibility index (Phi) is 4.47. The van der Waals surface area contributed by atoms with Crippen molar-refractivity contribution in [3.05, 3.63) is 0 Å². The van der Waals surface area contributed by atoms with Crippen molar-refractivity contribution >= 4 is 23.0 Å². The lowest BCUT2D eigenvalue weighted by Crippen LogP contribution is -2.61. The molecule has 4 fully saturated rings. The first-order chi connectivity index (χ1) is 10.2. The molecule has 4 bridgehead atoms. The molecular formula is C15H27N5S. The Labute approximate surface area is 133 Å². The van der Waals surface area contributed by atoms with Crippen LogP contribution in [-0.2, 0) is 0 Å². The third kappa shape index (κ3) is 2.94. The highest BCUT2D eigenvalue weighted by Gasteiger charge is 2.51. The third-order valence-corrected chi connectivity index (χ3v) is 5.48. The molecule has 4 saturated heterocycles. The first-order valence-electron chi connectivity index (χ1n) is 8.17. The molecule has 0 aliphatic carbocycles. The molecule has 0 radical (unpaired) electrons.